The van der Waals surface area contributed by atoms with E-state index < -0.39 is 0 Å². The summed E-state index contributed by atoms with van der Waals surface area (Å²) in [6.45, 7) is 5.56. The van der Waals surface area contributed by atoms with Gasteiger partial charge in [-0.05, 0) is 0 Å². The summed E-state index contributed by atoms with van der Waals surface area (Å²) in [6, 6.07) is 10.0. The zero-order valence-electron chi connectivity index (χ0n) is 8.14. The molecule has 4 heteroatoms. The van der Waals surface area contributed by atoms with Gasteiger partial charge in [-0.2, -0.15) is 18.2 Å². The van der Waals surface area contributed by atoms with E-state index in [0.717, 1.165) is 0 Å². The minimum atomic E-state index is -0.250. The van der Waals surface area contributed by atoms with Gasteiger partial charge >= 0.3 is 21.7 Å². The van der Waals surface area contributed by atoms with E-state index in [1.807, 2.05) is 51.1 Å². The van der Waals surface area contributed by atoms with Gasteiger partial charge in [-0.3, -0.25) is 0 Å². The van der Waals surface area contributed by atoms with E-state index in [1.54, 1.807) is 0 Å². The third-order valence-corrected chi connectivity index (χ3v) is 0.556. The first-order valence-electron chi connectivity index (χ1n) is 3.42. The Labute approximate surface area is 109 Å². The van der Waals surface area contributed by atoms with Crippen LogP contribution in [0.1, 0.15) is 20.8 Å². The van der Waals surface area contributed by atoms with Crippen LogP contribution in [-0.4, -0.2) is 5.54 Å². The molecule has 0 amide bonds. The molecule has 1 aromatic rings. The Morgan fingerprint density at radius 3 is 1.31 bits per heavy atom. The van der Waals surface area contributed by atoms with Gasteiger partial charge in [0.15, 0.2) is 0 Å². The SMILES string of the molecule is CC(C)(C)[NH-].[Cl-].[Cl-].[Ti+4].c1cc[cH-]c1. The summed E-state index contributed by atoms with van der Waals surface area (Å²) in [4.78, 5) is 0. The number of hydrogen-bond donors (Lipinski definition) is 0. The molecule has 0 aliphatic heterocycles. The van der Waals surface area contributed by atoms with Crippen molar-refractivity contribution >= 4 is 0 Å². The van der Waals surface area contributed by atoms with Crippen molar-refractivity contribution in [3.05, 3.63) is 36.1 Å². The second-order valence-electron chi connectivity index (χ2n) is 3.21. The molecule has 0 bridgehead atoms. The Hall–Kier alpha value is 0.604. The Bertz CT molecular complexity index is 124. The fourth-order valence-electron chi connectivity index (χ4n) is 0.321. The number of hydrogen-bond acceptors (Lipinski definition) is 0. The minimum Gasteiger partial charge on any atom is -1.00 e. The van der Waals surface area contributed by atoms with Crippen LogP contribution in [0.2, 0.25) is 0 Å². The fraction of sp³-hybridized carbons (Fsp3) is 0.444. The van der Waals surface area contributed by atoms with Gasteiger partial charge in [-0.25, -0.2) is 12.1 Å². The van der Waals surface area contributed by atoms with E-state index in [1.165, 1.54) is 0 Å². The number of rotatable bonds is 0. The molecule has 74 valence electrons. The van der Waals surface area contributed by atoms with Crippen LogP contribution in [-0.2, 0) is 21.7 Å². The van der Waals surface area contributed by atoms with E-state index in [9.17, 15) is 0 Å². The molecule has 0 saturated carbocycles. The predicted octanol–water partition coefficient (Wildman–Crippen LogP) is -2.75. The quantitative estimate of drug-likeness (QED) is 0.355. The number of halogens is 2. The third-order valence-electron chi connectivity index (χ3n) is 0.556. The maximum atomic E-state index is 6.94. The van der Waals surface area contributed by atoms with Crippen LogP contribution in [0.15, 0.2) is 30.3 Å². The van der Waals surface area contributed by atoms with Gasteiger partial charge in [0.05, 0.1) is 0 Å². The normalized spacial score (nSPS) is 7.69. The first-order valence-corrected chi connectivity index (χ1v) is 3.42. The van der Waals surface area contributed by atoms with Crippen molar-refractivity contribution in [1.82, 2.24) is 0 Å². The van der Waals surface area contributed by atoms with E-state index in [2.05, 4.69) is 0 Å². The zero-order valence-corrected chi connectivity index (χ0v) is 11.2. The van der Waals surface area contributed by atoms with Crippen LogP contribution in [0.25, 0.3) is 5.73 Å². The van der Waals surface area contributed by atoms with Crippen molar-refractivity contribution in [3.8, 4) is 0 Å². The molecular weight excluding hydrogens is 241 g/mol. The fourth-order valence-corrected chi connectivity index (χ4v) is 0.321. The molecule has 1 nitrogen and oxygen atoms in total. The van der Waals surface area contributed by atoms with Crippen LogP contribution in [0.3, 0.4) is 0 Å². The largest absolute Gasteiger partial charge is 4.00 e. The summed E-state index contributed by atoms with van der Waals surface area (Å²) in [6.07, 6.45) is 0. The molecule has 0 atom stereocenters. The van der Waals surface area contributed by atoms with Gasteiger partial charge in [0.1, 0.15) is 0 Å². The summed E-state index contributed by atoms with van der Waals surface area (Å²) >= 11 is 0. The Balaban J connectivity index is -0.0000000506. The van der Waals surface area contributed by atoms with Crippen molar-refractivity contribution in [3.63, 3.8) is 0 Å². The molecule has 1 N–H and O–H groups in total. The van der Waals surface area contributed by atoms with E-state index in [4.69, 9.17) is 5.73 Å². The smallest absolute Gasteiger partial charge is 1.00 e. The summed E-state index contributed by atoms with van der Waals surface area (Å²) < 4.78 is 0. The van der Waals surface area contributed by atoms with Crippen LogP contribution in [0, 0.1) is 0 Å². The van der Waals surface area contributed by atoms with Crippen molar-refractivity contribution in [2.75, 3.05) is 0 Å². The monoisotopic (exact) mass is 255 g/mol. The second-order valence-corrected chi connectivity index (χ2v) is 3.21. The Kier molecular flexibility index (Phi) is 22.7. The van der Waals surface area contributed by atoms with Crippen molar-refractivity contribution in [2.45, 2.75) is 26.3 Å². The molecule has 1 rings (SSSR count). The van der Waals surface area contributed by atoms with Crippen LogP contribution in [0.5, 0.6) is 0 Å². The first-order chi connectivity index (χ1) is 4.50. The maximum Gasteiger partial charge on any atom is 4.00 e. The third kappa shape index (κ3) is 45.1. The maximum absolute atomic E-state index is 6.94. The number of nitrogens with one attached hydrogen (secondary N) is 1. The molecule has 0 radical (unpaired) electrons. The molecule has 1 aromatic carbocycles. The molecule has 0 aliphatic rings. The van der Waals surface area contributed by atoms with Gasteiger partial charge in [-0.1, -0.05) is 20.8 Å². The molecule has 0 unspecified atom stereocenters. The van der Waals surface area contributed by atoms with E-state index in [0.29, 0.717) is 0 Å². The molecule has 0 aliphatic carbocycles. The zero-order chi connectivity index (χ0) is 8.04. The van der Waals surface area contributed by atoms with Crippen LogP contribution >= 0.6 is 0 Å². The van der Waals surface area contributed by atoms with Gasteiger partial charge in [0.25, 0.3) is 0 Å². The second kappa shape index (κ2) is 12.6. The summed E-state index contributed by atoms with van der Waals surface area (Å²) in [7, 11) is 0. The van der Waals surface area contributed by atoms with Crippen LogP contribution < -0.4 is 24.8 Å². The van der Waals surface area contributed by atoms with Gasteiger partial charge in [0, 0.05) is 0 Å². The molecule has 13 heavy (non-hydrogen) atoms. The summed E-state index contributed by atoms with van der Waals surface area (Å²) in [5.74, 6) is 0. The minimum absolute atomic E-state index is 0. The molecule has 0 aromatic heterocycles. The average Bonchev–Trinajstić information content (AvgIpc) is 2.07. The molecule has 0 fully saturated rings. The molecule has 0 heterocycles. The first kappa shape index (κ1) is 23.4. The van der Waals surface area contributed by atoms with Crippen LogP contribution in [0.4, 0.5) is 0 Å². The Morgan fingerprint density at radius 2 is 1.23 bits per heavy atom. The molecular formula is C9H15Cl2NTi. The predicted molar refractivity (Wildman–Crippen MR) is 46.1 cm³/mol. The summed E-state index contributed by atoms with van der Waals surface area (Å²) in [5, 5.41) is 0. The van der Waals surface area contributed by atoms with Crippen molar-refractivity contribution in [1.29, 1.82) is 0 Å². The molecule has 0 spiro atoms. The van der Waals surface area contributed by atoms with Crippen molar-refractivity contribution < 1.29 is 46.5 Å². The topological polar surface area (TPSA) is 23.8 Å². The van der Waals surface area contributed by atoms with Crippen molar-refractivity contribution in [2.24, 2.45) is 0 Å². The van der Waals surface area contributed by atoms with E-state index >= 15 is 0 Å². The summed E-state index contributed by atoms with van der Waals surface area (Å²) in [5.41, 5.74) is 6.69. The van der Waals surface area contributed by atoms with E-state index in [-0.39, 0.29) is 52.1 Å². The Morgan fingerprint density at radius 1 is 1.00 bits per heavy atom. The average molecular weight is 256 g/mol. The van der Waals surface area contributed by atoms with Gasteiger partial charge in [-0.15, -0.1) is 5.54 Å². The van der Waals surface area contributed by atoms with Gasteiger partial charge < -0.3 is 30.5 Å². The molecule has 0 saturated heterocycles. The standard InChI is InChI=1S/C5H5.C4H10N.2ClH.Ti/c1-2-4-5-3-1;1-4(2,3)5;;;/h1-5H;5H,1-3H3;2*1H;/q2*-1;;;+4/p-2. The van der Waals surface area contributed by atoms with Gasteiger partial charge in [0.2, 0.25) is 0 Å².